The van der Waals surface area contributed by atoms with E-state index >= 15 is 0 Å². The number of methoxy groups -OCH3 is 1. The molecule has 1 N–H and O–H groups in total. The number of aryl methyl sites for hydroxylation is 3. The highest BCUT2D eigenvalue weighted by Crippen LogP contribution is 2.28. The van der Waals surface area contributed by atoms with Crippen LogP contribution in [-0.4, -0.2) is 18.2 Å². The predicted octanol–water partition coefficient (Wildman–Crippen LogP) is 4.03. The summed E-state index contributed by atoms with van der Waals surface area (Å²) < 4.78 is 5.21. The molecule has 0 bridgehead atoms. The molecule has 2 aromatic carbocycles. The van der Waals surface area contributed by atoms with Gasteiger partial charge in [0, 0.05) is 0 Å². The van der Waals surface area contributed by atoms with Crippen molar-refractivity contribution in [1.29, 1.82) is 0 Å². The van der Waals surface area contributed by atoms with Gasteiger partial charge in [0.05, 0.1) is 13.0 Å². The van der Waals surface area contributed by atoms with Crippen molar-refractivity contribution >= 4 is 5.97 Å². The molecule has 1 atom stereocenters. The molecule has 0 fully saturated rings. The molecule has 2 rings (SSSR count). The lowest BCUT2D eigenvalue weighted by Gasteiger charge is -2.17. The molecule has 0 heterocycles. The minimum Gasteiger partial charge on any atom is -0.497 e. The van der Waals surface area contributed by atoms with E-state index < -0.39 is 11.9 Å². The summed E-state index contributed by atoms with van der Waals surface area (Å²) in [6.07, 6.45) is 0.487. The number of rotatable bonds is 5. The zero-order valence-corrected chi connectivity index (χ0v) is 13.5. The molecular formula is C19H22O3. The minimum atomic E-state index is -0.812. The molecule has 116 valence electrons. The van der Waals surface area contributed by atoms with Crippen LogP contribution in [-0.2, 0) is 11.2 Å². The first kappa shape index (κ1) is 16.1. The van der Waals surface area contributed by atoms with Crippen LogP contribution in [0, 0.1) is 20.8 Å². The van der Waals surface area contributed by atoms with Crippen molar-refractivity contribution in [3.8, 4) is 5.75 Å². The molecule has 0 aliphatic heterocycles. The monoisotopic (exact) mass is 298 g/mol. The molecular weight excluding hydrogens is 276 g/mol. The largest absolute Gasteiger partial charge is 0.497 e. The van der Waals surface area contributed by atoms with Gasteiger partial charge in [-0.25, -0.2) is 0 Å². The molecule has 0 amide bonds. The first-order valence-electron chi connectivity index (χ1n) is 7.36. The van der Waals surface area contributed by atoms with E-state index in [1.807, 2.05) is 32.0 Å². The van der Waals surface area contributed by atoms with E-state index in [0.29, 0.717) is 12.2 Å². The number of hydrogen-bond acceptors (Lipinski definition) is 2. The number of hydrogen-bond donors (Lipinski definition) is 1. The van der Waals surface area contributed by atoms with Crippen molar-refractivity contribution in [1.82, 2.24) is 0 Å². The van der Waals surface area contributed by atoms with Crippen LogP contribution in [0.2, 0.25) is 0 Å². The Kier molecular flexibility index (Phi) is 4.86. The molecule has 3 heteroatoms. The Bertz CT molecular complexity index is 666. The summed E-state index contributed by atoms with van der Waals surface area (Å²) in [6.45, 7) is 6.14. The summed E-state index contributed by atoms with van der Waals surface area (Å²) >= 11 is 0. The number of carboxylic acid groups (broad SMARTS) is 1. The second-order valence-electron chi connectivity index (χ2n) is 5.75. The van der Waals surface area contributed by atoms with Gasteiger partial charge in [-0.15, -0.1) is 0 Å². The third-order valence-electron chi connectivity index (χ3n) is 4.04. The molecule has 2 aromatic rings. The lowest BCUT2D eigenvalue weighted by Crippen LogP contribution is -2.16. The van der Waals surface area contributed by atoms with Crippen LogP contribution in [0.3, 0.4) is 0 Å². The van der Waals surface area contributed by atoms with Crippen molar-refractivity contribution in [2.45, 2.75) is 33.1 Å². The number of ether oxygens (including phenoxy) is 1. The van der Waals surface area contributed by atoms with Gasteiger partial charge < -0.3 is 9.84 Å². The predicted molar refractivity (Wildman–Crippen MR) is 87.7 cm³/mol. The van der Waals surface area contributed by atoms with Crippen molar-refractivity contribution in [3.05, 3.63) is 64.2 Å². The van der Waals surface area contributed by atoms with Crippen LogP contribution in [0.5, 0.6) is 5.75 Å². The second-order valence-corrected chi connectivity index (χ2v) is 5.75. The molecule has 0 aliphatic carbocycles. The van der Waals surface area contributed by atoms with Gasteiger partial charge >= 0.3 is 5.97 Å². The van der Waals surface area contributed by atoms with E-state index in [9.17, 15) is 9.90 Å². The van der Waals surface area contributed by atoms with Gasteiger partial charge in [-0.2, -0.15) is 0 Å². The highest BCUT2D eigenvalue weighted by atomic mass is 16.5. The topological polar surface area (TPSA) is 46.5 Å². The summed E-state index contributed by atoms with van der Waals surface area (Å²) in [5, 5.41) is 9.65. The SMILES string of the molecule is COc1cccc(C(Cc2c(C)cc(C)cc2C)C(=O)O)c1. The maximum atomic E-state index is 11.8. The molecule has 0 aliphatic rings. The van der Waals surface area contributed by atoms with E-state index in [1.165, 1.54) is 5.56 Å². The summed E-state index contributed by atoms with van der Waals surface area (Å²) in [6, 6.07) is 11.5. The van der Waals surface area contributed by atoms with Crippen LogP contribution in [0.4, 0.5) is 0 Å². The Balaban J connectivity index is 2.40. The maximum absolute atomic E-state index is 11.8. The zero-order chi connectivity index (χ0) is 16.3. The van der Waals surface area contributed by atoms with Gasteiger partial charge in [-0.3, -0.25) is 4.79 Å². The molecule has 22 heavy (non-hydrogen) atoms. The fourth-order valence-corrected chi connectivity index (χ4v) is 2.94. The Hall–Kier alpha value is -2.29. The first-order valence-corrected chi connectivity index (χ1v) is 7.36. The maximum Gasteiger partial charge on any atom is 0.311 e. The summed E-state index contributed by atoms with van der Waals surface area (Å²) in [7, 11) is 1.59. The van der Waals surface area contributed by atoms with Gasteiger partial charge in [0.1, 0.15) is 5.75 Å². The smallest absolute Gasteiger partial charge is 0.311 e. The molecule has 1 unspecified atom stereocenters. The number of carbonyl (C=O) groups is 1. The summed E-state index contributed by atoms with van der Waals surface area (Å²) in [5.41, 5.74) is 5.37. The molecule has 0 saturated carbocycles. The van der Waals surface area contributed by atoms with Gasteiger partial charge in [0.25, 0.3) is 0 Å². The van der Waals surface area contributed by atoms with Crippen LogP contribution in [0.15, 0.2) is 36.4 Å². The molecule has 0 saturated heterocycles. The van der Waals surface area contributed by atoms with E-state index in [2.05, 4.69) is 19.1 Å². The van der Waals surface area contributed by atoms with Gasteiger partial charge in [-0.05, 0) is 61.6 Å². The van der Waals surface area contributed by atoms with Crippen molar-refractivity contribution in [3.63, 3.8) is 0 Å². The highest BCUT2D eigenvalue weighted by molar-refractivity contribution is 5.77. The highest BCUT2D eigenvalue weighted by Gasteiger charge is 2.22. The fraction of sp³-hybridized carbons (Fsp3) is 0.316. The van der Waals surface area contributed by atoms with Crippen LogP contribution >= 0.6 is 0 Å². The second kappa shape index (κ2) is 6.65. The Morgan fingerprint density at radius 1 is 1.14 bits per heavy atom. The molecule has 0 spiro atoms. The van der Waals surface area contributed by atoms with E-state index in [4.69, 9.17) is 4.74 Å². The number of aliphatic carboxylic acids is 1. The van der Waals surface area contributed by atoms with Crippen LogP contribution in [0.25, 0.3) is 0 Å². The Morgan fingerprint density at radius 2 is 1.77 bits per heavy atom. The van der Waals surface area contributed by atoms with Crippen LogP contribution < -0.4 is 4.74 Å². The minimum absolute atomic E-state index is 0.487. The normalized spacial score (nSPS) is 12.0. The van der Waals surface area contributed by atoms with Crippen LogP contribution in [0.1, 0.15) is 33.7 Å². The molecule has 0 aromatic heterocycles. The summed E-state index contributed by atoms with van der Waals surface area (Å²) in [5.74, 6) is -0.705. The fourth-order valence-electron chi connectivity index (χ4n) is 2.94. The lowest BCUT2D eigenvalue weighted by atomic mass is 9.87. The number of benzene rings is 2. The molecule has 3 nitrogen and oxygen atoms in total. The first-order chi connectivity index (χ1) is 10.4. The van der Waals surface area contributed by atoms with E-state index in [0.717, 1.165) is 22.3 Å². The average molecular weight is 298 g/mol. The molecule has 0 radical (unpaired) electrons. The van der Waals surface area contributed by atoms with Gasteiger partial charge in [0.2, 0.25) is 0 Å². The third kappa shape index (κ3) is 3.48. The van der Waals surface area contributed by atoms with Crippen molar-refractivity contribution in [2.24, 2.45) is 0 Å². The quantitative estimate of drug-likeness (QED) is 0.906. The van der Waals surface area contributed by atoms with Crippen molar-refractivity contribution in [2.75, 3.05) is 7.11 Å². The van der Waals surface area contributed by atoms with Gasteiger partial charge in [-0.1, -0.05) is 29.8 Å². The number of carboxylic acids is 1. The lowest BCUT2D eigenvalue weighted by molar-refractivity contribution is -0.138. The van der Waals surface area contributed by atoms with Gasteiger partial charge in [0.15, 0.2) is 0 Å². The Morgan fingerprint density at radius 3 is 2.32 bits per heavy atom. The third-order valence-corrected chi connectivity index (χ3v) is 4.04. The summed E-state index contributed by atoms with van der Waals surface area (Å²) in [4.78, 5) is 11.8. The standard InChI is InChI=1S/C19H22O3/c1-12-8-13(2)17(14(3)9-12)11-18(19(20)21)15-6-5-7-16(10-15)22-4/h5-10,18H,11H2,1-4H3,(H,20,21). The zero-order valence-electron chi connectivity index (χ0n) is 13.5. The van der Waals surface area contributed by atoms with E-state index in [1.54, 1.807) is 13.2 Å². The van der Waals surface area contributed by atoms with E-state index in [-0.39, 0.29) is 0 Å². The van der Waals surface area contributed by atoms with Crippen molar-refractivity contribution < 1.29 is 14.6 Å². The average Bonchev–Trinajstić information content (AvgIpc) is 2.46. The Labute approximate surface area is 131 Å².